The molecule has 0 rings (SSSR count). The first kappa shape index (κ1) is 8.96. The molecule has 9 heavy (non-hydrogen) atoms. The minimum atomic E-state index is -1.04. The number of rotatable bonds is 2. The van der Waals surface area contributed by atoms with Crippen LogP contribution in [-0.2, 0) is 10.8 Å². The minimum absolute atomic E-state index is 0.153. The summed E-state index contributed by atoms with van der Waals surface area (Å²) < 4.78 is 10.6. The highest BCUT2D eigenvalue weighted by atomic mass is 35.5. The molecular formula is C6H9ClOS. The molecule has 0 amide bonds. The van der Waals surface area contributed by atoms with Crippen molar-refractivity contribution in [2.24, 2.45) is 0 Å². The maximum absolute atomic E-state index is 10.6. The Labute approximate surface area is 62.9 Å². The van der Waals surface area contributed by atoms with E-state index in [4.69, 9.17) is 11.6 Å². The Hall–Kier alpha value is -0.0400. The van der Waals surface area contributed by atoms with Gasteiger partial charge in [-0.25, -0.2) is 0 Å². The van der Waals surface area contributed by atoms with Crippen LogP contribution in [0.4, 0.5) is 0 Å². The molecule has 52 valence electrons. The van der Waals surface area contributed by atoms with Gasteiger partial charge in [0.05, 0.1) is 10.8 Å². The van der Waals surface area contributed by atoms with Crippen molar-refractivity contribution in [2.45, 2.75) is 13.8 Å². The lowest BCUT2D eigenvalue weighted by atomic mass is 10.4. The van der Waals surface area contributed by atoms with E-state index in [2.05, 4.69) is 5.73 Å². The number of halogens is 1. The molecule has 0 bridgehead atoms. The molecule has 1 nitrogen and oxygen atoms in total. The quantitative estimate of drug-likeness (QED) is 0.451. The summed E-state index contributed by atoms with van der Waals surface area (Å²) in [6.07, 6.45) is 0. The molecule has 0 aromatic carbocycles. The number of hydrogen-bond donors (Lipinski definition) is 0. The summed E-state index contributed by atoms with van der Waals surface area (Å²) in [5, 5.41) is 1.63. The zero-order chi connectivity index (χ0) is 7.28. The first-order chi connectivity index (χ1) is 4.16. The Morgan fingerprint density at radius 1 is 1.78 bits per heavy atom. The van der Waals surface area contributed by atoms with Crippen molar-refractivity contribution in [3.63, 3.8) is 0 Å². The average Bonchev–Trinajstić information content (AvgIpc) is 1.83. The van der Waals surface area contributed by atoms with Gasteiger partial charge in [0, 0.05) is 5.41 Å². The predicted molar refractivity (Wildman–Crippen MR) is 41.8 cm³/mol. The van der Waals surface area contributed by atoms with Crippen molar-refractivity contribution in [3.05, 3.63) is 16.7 Å². The molecule has 0 saturated carbocycles. The van der Waals surface area contributed by atoms with Gasteiger partial charge in [-0.2, -0.15) is 0 Å². The van der Waals surface area contributed by atoms with E-state index in [1.807, 2.05) is 13.8 Å². The van der Waals surface area contributed by atoms with E-state index in [1.54, 1.807) is 0 Å². The maximum Gasteiger partial charge on any atom is 0.103 e. The van der Waals surface area contributed by atoms with Gasteiger partial charge in [0.2, 0.25) is 0 Å². The van der Waals surface area contributed by atoms with Gasteiger partial charge in [-0.05, 0) is 19.4 Å². The lowest BCUT2D eigenvalue weighted by Crippen LogP contribution is -1.80. The second-order valence-electron chi connectivity index (χ2n) is 1.75. The van der Waals surface area contributed by atoms with E-state index in [0.29, 0.717) is 0 Å². The highest BCUT2D eigenvalue weighted by Crippen LogP contribution is 1.89. The summed E-state index contributed by atoms with van der Waals surface area (Å²) in [4.78, 5) is 0. The fourth-order valence-electron chi connectivity index (χ4n) is 0.215. The van der Waals surface area contributed by atoms with Gasteiger partial charge in [0.15, 0.2) is 0 Å². The Balaban J connectivity index is 4.00. The Bertz CT molecular complexity index is 164. The molecule has 0 saturated heterocycles. The van der Waals surface area contributed by atoms with E-state index >= 15 is 0 Å². The monoisotopic (exact) mass is 164 g/mol. The molecule has 0 aliphatic rings. The average molecular weight is 165 g/mol. The van der Waals surface area contributed by atoms with E-state index in [0.717, 1.165) is 5.57 Å². The Kier molecular flexibility index (Phi) is 4.78. The fraction of sp³-hybridized carbons (Fsp3) is 0.500. The summed E-state index contributed by atoms with van der Waals surface area (Å²) in [6.45, 7) is 3.78. The van der Waals surface area contributed by atoms with Crippen LogP contribution in [0.25, 0.3) is 0 Å². The lowest BCUT2D eigenvalue weighted by Gasteiger charge is -1.80. The van der Waals surface area contributed by atoms with Gasteiger partial charge in [-0.15, -0.1) is 17.3 Å². The maximum atomic E-state index is 10.6. The molecule has 0 aliphatic carbocycles. The van der Waals surface area contributed by atoms with Crippen LogP contribution in [0.5, 0.6) is 0 Å². The lowest BCUT2D eigenvalue weighted by molar-refractivity contribution is 0.691. The van der Waals surface area contributed by atoms with E-state index in [-0.39, 0.29) is 5.21 Å². The van der Waals surface area contributed by atoms with Crippen molar-refractivity contribution in [2.75, 3.05) is 5.21 Å². The summed E-state index contributed by atoms with van der Waals surface area (Å²) in [7, 11) is -1.04. The number of alkyl halides is 1. The molecular weight excluding hydrogens is 156 g/mol. The zero-order valence-electron chi connectivity index (χ0n) is 5.48. The fourth-order valence-corrected chi connectivity index (χ4v) is 0.834. The first-order valence-corrected chi connectivity index (χ1v) is 4.41. The smallest absolute Gasteiger partial charge is 0.103 e. The van der Waals surface area contributed by atoms with E-state index in [9.17, 15) is 4.21 Å². The van der Waals surface area contributed by atoms with Gasteiger partial charge in [0.1, 0.15) is 5.21 Å². The molecule has 0 aromatic heterocycles. The van der Waals surface area contributed by atoms with Crippen LogP contribution in [0.2, 0.25) is 0 Å². The largest absolute Gasteiger partial charge is 0.253 e. The van der Waals surface area contributed by atoms with Crippen LogP contribution in [-0.4, -0.2) is 9.42 Å². The van der Waals surface area contributed by atoms with E-state index in [1.165, 1.54) is 5.41 Å². The second kappa shape index (κ2) is 4.80. The molecule has 0 aliphatic heterocycles. The van der Waals surface area contributed by atoms with Crippen LogP contribution >= 0.6 is 11.6 Å². The molecule has 0 N–H and O–H groups in total. The van der Waals surface area contributed by atoms with Gasteiger partial charge in [-0.3, -0.25) is 4.21 Å². The van der Waals surface area contributed by atoms with Crippen molar-refractivity contribution < 1.29 is 4.21 Å². The summed E-state index contributed by atoms with van der Waals surface area (Å²) in [5.41, 5.74) is 3.81. The molecule has 1 unspecified atom stereocenters. The molecule has 0 radical (unpaired) electrons. The normalized spacial score (nSPS) is 11.9. The predicted octanol–water partition coefficient (Wildman–Crippen LogP) is 2.01. The van der Waals surface area contributed by atoms with Crippen LogP contribution < -0.4 is 0 Å². The third-order valence-corrected chi connectivity index (χ3v) is 1.83. The SMILES string of the molecule is CC(C)=C=CS(=O)CCl. The zero-order valence-corrected chi connectivity index (χ0v) is 7.05. The molecule has 0 fully saturated rings. The van der Waals surface area contributed by atoms with Crippen molar-refractivity contribution in [3.8, 4) is 0 Å². The second-order valence-corrected chi connectivity index (χ2v) is 3.62. The highest BCUT2D eigenvalue weighted by molar-refractivity contribution is 7.89. The molecule has 0 heterocycles. The summed E-state index contributed by atoms with van der Waals surface area (Å²) >= 11 is 5.25. The summed E-state index contributed by atoms with van der Waals surface area (Å²) in [5.74, 6) is 0. The van der Waals surface area contributed by atoms with Crippen LogP contribution in [0, 0.1) is 0 Å². The van der Waals surface area contributed by atoms with Crippen LogP contribution in [0.3, 0.4) is 0 Å². The third kappa shape index (κ3) is 5.84. The van der Waals surface area contributed by atoms with Gasteiger partial charge < -0.3 is 0 Å². The van der Waals surface area contributed by atoms with Gasteiger partial charge in [0.25, 0.3) is 0 Å². The van der Waals surface area contributed by atoms with Crippen molar-refractivity contribution in [1.82, 2.24) is 0 Å². The molecule has 0 aromatic rings. The standard InChI is InChI=1S/C6H9ClOS/c1-6(2)3-4-9(8)5-7/h4H,5H2,1-2H3. The van der Waals surface area contributed by atoms with Gasteiger partial charge >= 0.3 is 0 Å². The van der Waals surface area contributed by atoms with Crippen molar-refractivity contribution in [1.29, 1.82) is 0 Å². The summed E-state index contributed by atoms with van der Waals surface area (Å²) in [6, 6.07) is 0. The highest BCUT2D eigenvalue weighted by Gasteiger charge is 1.84. The van der Waals surface area contributed by atoms with E-state index < -0.39 is 10.8 Å². The first-order valence-electron chi connectivity index (χ1n) is 2.50. The van der Waals surface area contributed by atoms with Crippen molar-refractivity contribution >= 4 is 22.4 Å². The van der Waals surface area contributed by atoms with Crippen LogP contribution in [0.15, 0.2) is 16.7 Å². The third-order valence-electron chi connectivity index (χ3n) is 0.587. The molecule has 3 heteroatoms. The van der Waals surface area contributed by atoms with Crippen LogP contribution in [0.1, 0.15) is 13.8 Å². The molecule has 0 spiro atoms. The molecule has 1 atom stereocenters. The van der Waals surface area contributed by atoms with Gasteiger partial charge in [-0.1, -0.05) is 0 Å². The Morgan fingerprint density at radius 3 is 2.67 bits per heavy atom. The Morgan fingerprint density at radius 2 is 2.33 bits per heavy atom. The minimum Gasteiger partial charge on any atom is -0.253 e. The number of hydrogen-bond acceptors (Lipinski definition) is 1. The topological polar surface area (TPSA) is 17.1 Å². The number of allylic oxidation sites excluding steroid dienone is 1.